The highest BCUT2D eigenvalue weighted by Gasteiger charge is 2.44. The highest BCUT2D eigenvalue weighted by atomic mass is 32.1. The normalized spacial score (nSPS) is 19.7. The van der Waals surface area contributed by atoms with Crippen molar-refractivity contribution in [3.05, 3.63) is 41.0 Å². The van der Waals surface area contributed by atoms with Crippen LogP contribution in [0.1, 0.15) is 51.4 Å². The Morgan fingerprint density at radius 2 is 1.83 bits per heavy atom. The minimum atomic E-state index is -0.858. The summed E-state index contributed by atoms with van der Waals surface area (Å²) in [6, 6.07) is 5.49. The van der Waals surface area contributed by atoms with E-state index in [4.69, 9.17) is 0 Å². The number of hydrogen-bond acceptors (Lipinski definition) is 6. The van der Waals surface area contributed by atoms with Gasteiger partial charge in [0.25, 0.3) is 0 Å². The first-order valence-electron chi connectivity index (χ1n) is 11.7. The fourth-order valence-corrected chi connectivity index (χ4v) is 5.03. The number of nitrogens with one attached hydrogen (secondary N) is 3. The Labute approximate surface area is 210 Å². The van der Waals surface area contributed by atoms with E-state index in [1.165, 1.54) is 11.9 Å². The summed E-state index contributed by atoms with van der Waals surface area (Å²) in [4.78, 5) is 45.4. The molecule has 4 atom stereocenters. The smallest absolute Gasteiger partial charge is 0.315 e. The average molecular weight is 502 g/mol. The number of thiazole rings is 1. The lowest BCUT2D eigenvalue weighted by molar-refractivity contribution is -0.142. The molecule has 10 heteroatoms. The second-order valence-corrected chi connectivity index (χ2v) is 10.9. The van der Waals surface area contributed by atoms with Crippen LogP contribution in [0.3, 0.4) is 0 Å². The minimum Gasteiger partial charge on any atom is -0.391 e. The molecule has 1 aliphatic heterocycles. The summed E-state index contributed by atoms with van der Waals surface area (Å²) < 4.78 is 0. The number of aliphatic hydroxyl groups excluding tert-OH is 1. The van der Waals surface area contributed by atoms with E-state index in [1.54, 1.807) is 11.3 Å². The fourth-order valence-electron chi connectivity index (χ4n) is 4.22. The molecule has 2 aromatic rings. The molecule has 4 N–H and O–H groups in total. The Hall–Kier alpha value is -2.98. The standard InChI is InChI=1S/C25H35N5O4S/c1-14(16-7-9-17(10-8-16)20-15(2)27-13-35-20)28-22(32)19-11-18(31)12-30(19)23(33)21(25(3,4)5)29-24(34)26-6/h7-10,13-14,18-19,21,31H,11-12H2,1-6H3,(H,28,32)(H2,26,29,34). The van der Waals surface area contributed by atoms with Crippen LogP contribution >= 0.6 is 11.3 Å². The van der Waals surface area contributed by atoms with Crippen molar-refractivity contribution >= 4 is 29.2 Å². The number of hydrogen-bond donors (Lipinski definition) is 4. The number of likely N-dealkylation sites (tertiary alicyclic amines) is 1. The van der Waals surface area contributed by atoms with Gasteiger partial charge in [-0.25, -0.2) is 9.78 Å². The van der Waals surface area contributed by atoms with Crippen molar-refractivity contribution in [3.63, 3.8) is 0 Å². The zero-order valence-electron chi connectivity index (χ0n) is 21.1. The molecule has 1 aliphatic rings. The third-order valence-electron chi connectivity index (χ3n) is 6.26. The molecule has 35 heavy (non-hydrogen) atoms. The van der Waals surface area contributed by atoms with Crippen molar-refractivity contribution in [2.45, 2.75) is 65.3 Å². The van der Waals surface area contributed by atoms with Gasteiger partial charge in [-0.15, -0.1) is 11.3 Å². The maximum Gasteiger partial charge on any atom is 0.315 e. The number of aryl methyl sites for hydroxylation is 1. The number of nitrogens with zero attached hydrogens (tertiary/aromatic N) is 2. The van der Waals surface area contributed by atoms with Gasteiger partial charge >= 0.3 is 6.03 Å². The topological polar surface area (TPSA) is 124 Å². The molecule has 4 unspecified atom stereocenters. The summed E-state index contributed by atoms with van der Waals surface area (Å²) in [5.74, 6) is -0.730. The summed E-state index contributed by atoms with van der Waals surface area (Å²) >= 11 is 1.58. The summed E-state index contributed by atoms with van der Waals surface area (Å²) in [7, 11) is 1.47. The number of aliphatic hydroxyl groups is 1. The van der Waals surface area contributed by atoms with Crippen LogP contribution in [0, 0.1) is 12.3 Å². The first-order chi connectivity index (χ1) is 16.4. The maximum absolute atomic E-state index is 13.4. The molecular formula is C25H35N5O4S. The molecule has 9 nitrogen and oxygen atoms in total. The Morgan fingerprint density at radius 3 is 2.37 bits per heavy atom. The number of rotatable bonds is 6. The Kier molecular flexibility index (Phi) is 8.17. The molecule has 0 radical (unpaired) electrons. The molecule has 1 saturated heterocycles. The van der Waals surface area contributed by atoms with E-state index in [1.807, 2.05) is 64.4 Å². The Balaban J connectivity index is 1.73. The van der Waals surface area contributed by atoms with Crippen LogP contribution in [-0.2, 0) is 9.59 Å². The van der Waals surface area contributed by atoms with E-state index < -0.39 is 35.5 Å². The molecule has 190 valence electrons. The van der Waals surface area contributed by atoms with Crippen LogP contribution < -0.4 is 16.0 Å². The number of benzene rings is 1. The van der Waals surface area contributed by atoms with Crippen molar-refractivity contribution < 1.29 is 19.5 Å². The maximum atomic E-state index is 13.4. The number of carbonyl (C=O) groups excluding carboxylic acids is 3. The van der Waals surface area contributed by atoms with Gasteiger partial charge in [0.05, 0.1) is 28.2 Å². The second-order valence-electron chi connectivity index (χ2n) is 10.0. The monoisotopic (exact) mass is 501 g/mol. The van der Waals surface area contributed by atoms with Gasteiger partial charge in [-0.05, 0) is 30.4 Å². The summed E-state index contributed by atoms with van der Waals surface area (Å²) in [6.45, 7) is 9.41. The zero-order valence-corrected chi connectivity index (χ0v) is 21.9. The molecule has 0 aliphatic carbocycles. The van der Waals surface area contributed by atoms with Crippen molar-refractivity contribution in [3.8, 4) is 10.4 Å². The van der Waals surface area contributed by atoms with E-state index in [0.29, 0.717) is 0 Å². The van der Waals surface area contributed by atoms with Gasteiger partial charge in [-0.1, -0.05) is 45.0 Å². The Morgan fingerprint density at radius 1 is 1.17 bits per heavy atom. The molecule has 0 bridgehead atoms. The fraction of sp³-hybridized carbons (Fsp3) is 0.520. The zero-order chi connectivity index (χ0) is 25.9. The van der Waals surface area contributed by atoms with E-state index in [2.05, 4.69) is 20.9 Å². The molecule has 1 fully saturated rings. The lowest BCUT2D eigenvalue weighted by Gasteiger charge is -2.35. The van der Waals surface area contributed by atoms with E-state index in [9.17, 15) is 19.5 Å². The van der Waals surface area contributed by atoms with Crippen molar-refractivity contribution in [2.24, 2.45) is 5.41 Å². The third kappa shape index (κ3) is 6.18. The summed E-state index contributed by atoms with van der Waals surface area (Å²) in [5, 5.41) is 18.4. The molecule has 3 rings (SSSR count). The van der Waals surface area contributed by atoms with Gasteiger partial charge in [-0.3, -0.25) is 9.59 Å². The molecule has 1 aromatic carbocycles. The molecule has 4 amide bonds. The first kappa shape index (κ1) is 26.6. The van der Waals surface area contributed by atoms with Crippen LogP contribution in [0.5, 0.6) is 0 Å². The molecule has 0 saturated carbocycles. The van der Waals surface area contributed by atoms with E-state index >= 15 is 0 Å². The first-order valence-corrected chi connectivity index (χ1v) is 12.6. The second kappa shape index (κ2) is 10.7. The predicted molar refractivity (Wildman–Crippen MR) is 136 cm³/mol. The number of urea groups is 1. The highest BCUT2D eigenvalue weighted by Crippen LogP contribution is 2.29. The van der Waals surface area contributed by atoms with Crippen molar-refractivity contribution in [2.75, 3.05) is 13.6 Å². The van der Waals surface area contributed by atoms with Gasteiger partial charge in [0.2, 0.25) is 11.8 Å². The molecule has 0 spiro atoms. The van der Waals surface area contributed by atoms with E-state index in [0.717, 1.165) is 21.7 Å². The highest BCUT2D eigenvalue weighted by molar-refractivity contribution is 7.13. The predicted octanol–water partition coefficient (Wildman–Crippen LogP) is 2.60. The number of amides is 4. The van der Waals surface area contributed by atoms with E-state index in [-0.39, 0.29) is 24.9 Å². The van der Waals surface area contributed by atoms with Crippen LogP contribution in [0.15, 0.2) is 29.8 Å². The lowest BCUT2D eigenvalue weighted by atomic mass is 9.85. The van der Waals surface area contributed by atoms with Crippen LogP contribution in [0.4, 0.5) is 4.79 Å². The quantitative estimate of drug-likeness (QED) is 0.485. The molecular weight excluding hydrogens is 466 g/mol. The van der Waals surface area contributed by atoms with Crippen LogP contribution in [-0.4, -0.2) is 64.6 Å². The lowest BCUT2D eigenvalue weighted by Crippen LogP contribution is -2.59. The van der Waals surface area contributed by atoms with Gasteiger partial charge < -0.3 is 26.0 Å². The number of aromatic nitrogens is 1. The van der Waals surface area contributed by atoms with Gasteiger partial charge in [-0.2, -0.15) is 0 Å². The third-order valence-corrected chi connectivity index (χ3v) is 7.23. The summed E-state index contributed by atoms with van der Waals surface area (Å²) in [5.41, 5.74) is 4.20. The number of carbonyl (C=O) groups is 3. The van der Waals surface area contributed by atoms with Gasteiger partial charge in [0.1, 0.15) is 12.1 Å². The number of β-amino-alcohol motifs (C(OH)–C–C–N with tert-alkyl or cyclic N) is 1. The van der Waals surface area contributed by atoms with Gasteiger partial charge in [0, 0.05) is 20.0 Å². The SMILES string of the molecule is CNC(=O)NC(C(=O)N1CC(O)CC1C(=O)NC(C)c1ccc(-c2scnc2C)cc1)C(C)(C)C. The summed E-state index contributed by atoms with van der Waals surface area (Å²) in [6.07, 6.45) is -0.669. The van der Waals surface area contributed by atoms with Crippen LogP contribution in [0.2, 0.25) is 0 Å². The van der Waals surface area contributed by atoms with Crippen molar-refractivity contribution in [1.82, 2.24) is 25.8 Å². The minimum absolute atomic E-state index is 0.0379. The Bertz CT molecular complexity index is 1060. The largest absolute Gasteiger partial charge is 0.391 e. The molecule has 2 heterocycles. The molecule has 1 aromatic heterocycles. The van der Waals surface area contributed by atoms with Crippen LogP contribution in [0.25, 0.3) is 10.4 Å². The average Bonchev–Trinajstić information content (AvgIpc) is 3.41. The van der Waals surface area contributed by atoms with Gasteiger partial charge in [0.15, 0.2) is 0 Å². The van der Waals surface area contributed by atoms with Crippen molar-refractivity contribution in [1.29, 1.82) is 0 Å².